The molecule has 0 saturated heterocycles. The number of rotatable bonds is 5. The van der Waals surface area contributed by atoms with Crippen LogP contribution in [0.15, 0.2) is 41.4 Å². The van der Waals surface area contributed by atoms with Crippen LogP contribution in [0.3, 0.4) is 0 Å². The summed E-state index contributed by atoms with van der Waals surface area (Å²) in [5, 5.41) is 4.08. The lowest BCUT2D eigenvalue weighted by atomic mass is 9.99. The highest BCUT2D eigenvalue weighted by Gasteiger charge is 2.36. The van der Waals surface area contributed by atoms with Crippen molar-refractivity contribution in [3.63, 3.8) is 0 Å². The topological polar surface area (TPSA) is 74.2 Å². The Bertz CT molecular complexity index is 636. The van der Waals surface area contributed by atoms with E-state index in [1.54, 1.807) is 6.08 Å². The highest BCUT2D eigenvalue weighted by molar-refractivity contribution is 5.85. The Labute approximate surface area is 136 Å². The summed E-state index contributed by atoms with van der Waals surface area (Å²) < 4.78 is 11.0. The second-order valence-corrected chi connectivity index (χ2v) is 5.38. The van der Waals surface area contributed by atoms with Crippen molar-refractivity contribution in [2.24, 2.45) is 5.73 Å². The average molecular weight is 322 g/mol. The first-order valence-electron chi connectivity index (χ1n) is 7.19. The zero-order chi connectivity index (χ0) is 14.7. The standard InChI is InChI=1S/C16H19N3O2.ClH/c1-2-11-20-13-8-4-3-7-12(13)14-18-15(19-21-14)16(17)9-5-6-10-16;/h2-4,7-8H,1,5-6,9-11,17H2;1H. The van der Waals surface area contributed by atoms with Crippen LogP contribution in [0.5, 0.6) is 5.75 Å². The Morgan fingerprint density at radius 1 is 1.32 bits per heavy atom. The van der Waals surface area contributed by atoms with Crippen LogP contribution in [0, 0.1) is 0 Å². The van der Waals surface area contributed by atoms with Crippen LogP contribution >= 0.6 is 12.4 Å². The molecule has 6 heteroatoms. The molecule has 0 aliphatic heterocycles. The largest absolute Gasteiger partial charge is 0.489 e. The maximum atomic E-state index is 6.36. The average Bonchev–Trinajstić information content (AvgIpc) is 3.15. The first-order valence-corrected chi connectivity index (χ1v) is 7.19. The van der Waals surface area contributed by atoms with Crippen LogP contribution in [0.2, 0.25) is 0 Å². The molecule has 0 spiro atoms. The molecule has 1 aromatic carbocycles. The monoisotopic (exact) mass is 321 g/mol. The molecule has 118 valence electrons. The van der Waals surface area contributed by atoms with Crippen LogP contribution in [0.4, 0.5) is 0 Å². The molecule has 0 radical (unpaired) electrons. The third-order valence-electron chi connectivity index (χ3n) is 3.84. The van der Waals surface area contributed by atoms with Gasteiger partial charge in [0.15, 0.2) is 5.82 Å². The number of nitrogens with zero attached hydrogens (tertiary/aromatic N) is 2. The molecule has 2 N–H and O–H groups in total. The molecule has 0 bridgehead atoms. The summed E-state index contributed by atoms with van der Waals surface area (Å²) in [5.41, 5.74) is 6.69. The van der Waals surface area contributed by atoms with Gasteiger partial charge in [0.2, 0.25) is 0 Å². The van der Waals surface area contributed by atoms with Crippen molar-refractivity contribution in [2.45, 2.75) is 31.2 Å². The van der Waals surface area contributed by atoms with Crippen molar-refractivity contribution < 1.29 is 9.26 Å². The van der Waals surface area contributed by atoms with E-state index in [0.717, 1.165) is 31.2 Å². The van der Waals surface area contributed by atoms with Gasteiger partial charge in [-0.05, 0) is 25.0 Å². The number of hydrogen-bond donors (Lipinski definition) is 1. The first kappa shape index (κ1) is 16.5. The first-order chi connectivity index (χ1) is 10.2. The van der Waals surface area contributed by atoms with Crippen molar-refractivity contribution in [1.29, 1.82) is 0 Å². The molecule has 1 aliphatic rings. The van der Waals surface area contributed by atoms with Gasteiger partial charge in [-0.25, -0.2) is 0 Å². The Balaban J connectivity index is 0.00000176. The summed E-state index contributed by atoms with van der Waals surface area (Å²) in [7, 11) is 0. The molecule has 1 heterocycles. The summed E-state index contributed by atoms with van der Waals surface area (Å²) in [6.45, 7) is 4.08. The van der Waals surface area contributed by atoms with Crippen molar-refractivity contribution >= 4 is 12.4 Å². The lowest BCUT2D eigenvalue weighted by molar-refractivity contribution is 0.357. The summed E-state index contributed by atoms with van der Waals surface area (Å²) in [5.74, 6) is 1.74. The van der Waals surface area contributed by atoms with Gasteiger partial charge < -0.3 is 15.0 Å². The third-order valence-corrected chi connectivity index (χ3v) is 3.84. The fourth-order valence-corrected chi connectivity index (χ4v) is 2.68. The van der Waals surface area contributed by atoms with Gasteiger partial charge in [-0.2, -0.15) is 4.98 Å². The lowest BCUT2D eigenvalue weighted by Gasteiger charge is -2.17. The molecule has 0 atom stereocenters. The zero-order valence-corrected chi connectivity index (χ0v) is 13.1. The second kappa shape index (κ2) is 6.94. The van der Waals surface area contributed by atoms with Crippen molar-refractivity contribution in [3.05, 3.63) is 42.7 Å². The number of nitrogens with two attached hydrogens (primary N) is 1. The molecule has 0 unspecified atom stereocenters. The van der Waals surface area contributed by atoms with E-state index in [1.165, 1.54) is 0 Å². The van der Waals surface area contributed by atoms with Crippen LogP contribution in [0.1, 0.15) is 31.5 Å². The Morgan fingerprint density at radius 2 is 2.05 bits per heavy atom. The molecule has 1 aliphatic carbocycles. The SMILES string of the molecule is C=CCOc1ccccc1-c1nc(C2(N)CCCC2)no1.Cl. The van der Waals surface area contributed by atoms with E-state index < -0.39 is 5.54 Å². The molecular formula is C16H20ClN3O2. The number of aromatic nitrogens is 2. The van der Waals surface area contributed by atoms with Gasteiger partial charge in [-0.15, -0.1) is 12.4 Å². The maximum Gasteiger partial charge on any atom is 0.261 e. The van der Waals surface area contributed by atoms with Crippen LogP contribution in [-0.2, 0) is 5.54 Å². The van der Waals surface area contributed by atoms with E-state index in [2.05, 4.69) is 16.7 Å². The molecule has 5 nitrogen and oxygen atoms in total. The van der Waals surface area contributed by atoms with Gasteiger partial charge in [0.05, 0.1) is 11.1 Å². The Morgan fingerprint density at radius 3 is 2.77 bits per heavy atom. The number of para-hydroxylation sites is 1. The molecule has 3 rings (SSSR count). The van der Waals surface area contributed by atoms with Gasteiger partial charge in [0.25, 0.3) is 5.89 Å². The zero-order valence-electron chi connectivity index (χ0n) is 12.3. The molecule has 1 fully saturated rings. The van der Waals surface area contributed by atoms with Gasteiger partial charge in [0, 0.05) is 0 Å². The second-order valence-electron chi connectivity index (χ2n) is 5.38. The molecule has 2 aromatic rings. The highest BCUT2D eigenvalue weighted by Crippen LogP contribution is 2.36. The normalized spacial score (nSPS) is 16.0. The van der Waals surface area contributed by atoms with E-state index in [4.69, 9.17) is 15.0 Å². The fourth-order valence-electron chi connectivity index (χ4n) is 2.68. The van der Waals surface area contributed by atoms with Crippen molar-refractivity contribution in [1.82, 2.24) is 10.1 Å². The van der Waals surface area contributed by atoms with Crippen LogP contribution in [0.25, 0.3) is 11.5 Å². The number of hydrogen-bond acceptors (Lipinski definition) is 5. The lowest BCUT2D eigenvalue weighted by Crippen LogP contribution is -2.34. The Kier molecular flexibility index (Phi) is 5.21. The minimum Gasteiger partial charge on any atom is -0.489 e. The smallest absolute Gasteiger partial charge is 0.261 e. The number of halogens is 1. The number of benzene rings is 1. The van der Waals surface area contributed by atoms with Gasteiger partial charge in [0.1, 0.15) is 12.4 Å². The number of ether oxygens (including phenoxy) is 1. The fraction of sp³-hybridized carbons (Fsp3) is 0.375. The van der Waals surface area contributed by atoms with Gasteiger partial charge in [-0.3, -0.25) is 0 Å². The third kappa shape index (κ3) is 3.15. The molecule has 0 amide bonds. The molecule has 1 saturated carbocycles. The predicted molar refractivity (Wildman–Crippen MR) is 87.0 cm³/mol. The predicted octanol–water partition coefficient (Wildman–Crippen LogP) is 3.45. The van der Waals surface area contributed by atoms with Gasteiger partial charge in [-0.1, -0.05) is 42.8 Å². The summed E-state index contributed by atoms with van der Waals surface area (Å²) >= 11 is 0. The molecule has 1 aromatic heterocycles. The summed E-state index contributed by atoms with van der Waals surface area (Å²) in [6.07, 6.45) is 5.73. The molecular weight excluding hydrogens is 302 g/mol. The van der Waals surface area contributed by atoms with Gasteiger partial charge >= 0.3 is 0 Å². The van der Waals surface area contributed by atoms with E-state index in [9.17, 15) is 0 Å². The Hall–Kier alpha value is -1.85. The molecule has 22 heavy (non-hydrogen) atoms. The van der Waals surface area contributed by atoms with E-state index >= 15 is 0 Å². The minimum atomic E-state index is -0.446. The summed E-state index contributed by atoms with van der Waals surface area (Å²) in [6, 6.07) is 7.58. The van der Waals surface area contributed by atoms with E-state index in [1.807, 2.05) is 24.3 Å². The maximum absolute atomic E-state index is 6.36. The van der Waals surface area contributed by atoms with Crippen LogP contribution in [-0.4, -0.2) is 16.7 Å². The van der Waals surface area contributed by atoms with E-state index in [0.29, 0.717) is 24.1 Å². The van der Waals surface area contributed by atoms with Crippen molar-refractivity contribution in [3.8, 4) is 17.2 Å². The van der Waals surface area contributed by atoms with E-state index in [-0.39, 0.29) is 12.4 Å². The quantitative estimate of drug-likeness (QED) is 0.854. The highest BCUT2D eigenvalue weighted by atomic mass is 35.5. The van der Waals surface area contributed by atoms with Crippen LogP contribution < -0.4 is 10.5 Å². The minimum absolute atomic E-state index is 0. The van der Waals surface area contributed by atoms with Crippen molar-refractivity contribution in [2.75, 3.05) is 6.61 Å². The summed E-state index contributed by atoms with van der Waals surface area (Å²) in [4.78, 5) is 4.49.